The number of nitrogens with one attached hydrogen (secondary N) is 1. The van der Waals surface area contributed by atoms with Crippen LogP contribution in [-0.4, -0.2) is 8.42 Å². The van der Waals surface area contributed by atoms with Crippen molar-refractivity contribution in [1.29, 1.82) is 0 Å². The van der Waals surface area contributed by atoms with Gasteiger partial charge in [-0.3, -0.25) is 0 Å². The molecule has 136 valence electrons. The van der Waals surface area contributed by atoms with Crippen molar-refractivity contribution in [2.75, 3.05) is 0 Å². The van der Waals surface area contributed by atoms with Crippen molar-refractivity contribution in [1.82, 2.24) is 4.72 Å². The Morgan fingerprint density at radius 1 is 0.889 bits per heavy atom. The number of sulfonamides is 1. The zero-order chi connectivity index (χ0) is 19.3. The van der Waals surface area contributed by atoms with Crippen molar-refractivity contribution in [3.63, 3.8) is 0 Å². The van der Waals surface area contributed by atoms with Gasteiger partial charge < -0.3 is 4.74 Å². The number of rotatable bonds is 6. The van der Waals surface area contributed by atoms with E-state index < -0.39 is 16.1 Å². The highest BCUT2D eigenvalue weighted by Gasteiger charge is 2.20. The quantitative estimate of drug-likeness (QED) is 0.646. The first-order chi connectivity index (χ1) is 13.0. The normalized spacial score (nSPS) is 12.1. The smallest absolute Gasteiger partial charge is 0.241 e. The van der Waals surface area contributed by atoms with E-state index in [1.54, 1.807) is 48.5 Å². The van der Waals surface area contributed by atoms with Gasteiger partial charge in [-0.15, -0.1) is 6.42 Å². The van der Waals surface area contributed by atoms with Crippen LogP contribution >= 0.6 is 0 Å². The van der Waals surface area contributed by atoms with E-state index in [0.717, 1.165) is 11.3 Å². The summed E-state index contributed by atoms with van der Waals surface area (Å²) >= 11 is 0. The maximum absolute atomic E-state index is 12.6. The molecule has 3 aromatic carbocycles. The second-order valence-corrected chi connectivity index (χ2v) is 7.73. The number of ether oxygens (including phenoxy) is 1. The summed E-state index contributed by atoms with van der Waals surface area (Å²) in [5.74, 6) is 3.86. The largest absolute Gasteiger partial charge is 0.457 e. The lowest BCUT2D eigenvalue weighted by Crippen LogP contribution is -2.27. The summed E-state index contributed by atoms with van der Waals surface area (Å²) in [6, 6.07) is 22.2. The average molecular weight is 377 g/mol. The SMILES string of the molecule is C#CC(NS(=O)(=O)c1ccc(C)cc1)c1ccc(Oc2ccccc2)cc1. The number of para-hydroxylation sites is 1. The molecule has 0 aliphatic heterocycles. The van der Waals surface area contributed by atoms with Gasteiger partial charge >= 0.3 is 0 Å². The summed E-state index contributed by atoms with van der Waals surface area (Å²) < 4.78 is 33.4. The molecule has 3 rings (SSSR count). The van der Waals surface area contributed by atoms with Gasteiger partial charge in [-0.1, -0.05) is 53.9 Å². The Hall–Kier alpha value is -3.07. The van der Waals surface area contributed by atoms with E-state index >= 15 is 0 Å². The predicted octanol–water partition coefficient (Wildman–Crippen LogP) is 4.44. The molecule has 1 unspecified atom stereocenters. The van der Waals surface area contributed by atoms with Gasteiger partial charge in [0.25, 0.3) is 0 Å². The molecule has 4 nitrogen and oxygen atoms in total. The molecule has 0 radical (unpaired) electrons. The van der Waals surface area contributed by atoms with Crippen LogP contribution in [0.5, 0.6) is 11.5 Å². The zero-order valence-electron chi connectivity index (χ0n) is 14.8. The third kappa shape index (κ3) is 4.76. The fraction of sp³-hybridized carbons (Fsp3) is 0.0909. The van der Waals surface area contributed by atoms with E-state index in [1.807, 2.05) is 37.3 Å². The summed E-state index contributed by atoms with van der Waals surface area (Å²) in [6.07, 6.45) is 5.57. The van der Waals surface area contributed by atoms with Gasteiger partial charge in [0.05, 0.1) is 4.90 Å². The van der Waals surface area contributed by atoms with Gasteiger partial charge in [0.15, 0.2) is 0 Å². The van der Waals surface area contributed by atoms with Crippen LogP contribution in [0.3, 0.4) is 0 Å². The summed E-state index contributed by atoms with van der Waals surface area (Å²) in [6.45, 7) is 1.90. The van der Waals surface area contributed by atoms with Gasteiger partial charge in [-0.05, 0) is 48.9 Å². The van der Waals surface area contributed by atoms with Crippen LogP contribution in [0.25, 0.3) is 0 Å². The number of terminal acetylenes is 1. The third-order valence-electron chi connectivity index (χ3n) is 3.96. The minimum atomic E-state index is -3.72. The molecular formula is C22H19NO3S. The summed E-state index contributed by atoms with van der Waals surface area (Å²) in [7, 11) is -3.72. The zero-order valence-corrected chi connectivity index (χ0v) is 15.6. The summed E-state index contributed by atoms with van der Waals surface area (Å²) in [5, 5.41) is 0. The molecule has 3 aromatic rings. The van der Waals surface area contributed by atoms with Crippen molar-refractivity contribution in [2.45, 2.75) is 17.9 Å². The molecule has 1 N–H and O–H groups in total. The number of hydrogen-bond donors (Lipinski definition) is 1. The van der Waals surface area contributed by atoms with Gasteiger partial charge in [0, 0.05) is 0 Å². The number of hydrogen-bond acceptors (Lipinski definition) is 3. The maximum Gasteiger partial charge on any atom is 0.241 e. The molecule has 0 fully saturated rings. The van der Waals surface area contributed by atoms with E-state index in [2.05, 4.69) is 10.6 Å². The van der Waals surface area contributed by atoms with Crippen LogP contribution in [0.2, 0.25) is 0 Å². The first-order valence-corrected chi connectivity index (χ1v) is 9.84. The molecule has 5 heteroatoms. The fourth-order valence-corrected chi connectivity index (χ4v) is 3.64. The van der Waals surface area contributed by atoms with Crippen LogP contribution < -0.4 is 9.46 Å². The summed E-state index contributed by atoms with van der Waals surface area (Å²) in [4.78, 5) is 0.178. The lowest BCUT2D eigenvalue weighted by Gasteiger charge is -2.15. The lowest BCUT2D eigenvalue weighted by atomic mass is 10.1. The maximum atomic E-state index is 12.6. The molecule has 1 atom stereocenters. The van der Waals surface area contributed by atoms with Gasteiger partial charge in [-0.25, -0.2) is 8.42 Å². The number of benzene rings is 3. The van der Waals surface area contributed by atoms with Crippen LogP contribution in [-0.2, 0) is 10.0 Å². The molecule has 0 aliphatic rings. The highest BCUT2D eigenvalue weighted by atomic mass is 32.2. The van der Waals surface area contributed by atoms with Crippen LogP contribution in [0.1, 0.15) is 17.2 Å². The second kappa shape index (κ2) is 8.09. The highest BCUT2D eigenvalue weighted by Crippen LogP contribution is 2.24. The van der Waals surface area contributed by atoms with Crippen molar-refractivity contribution in [3.8, 4) is 23.8 Å². The lowest BCUT2D eigenvalue weighted by molar-refractivity contribution is 0.482. The Kier molecular flexibility index (Phi) is 5.60. The van der Waals surface area contributed by atoms with Gasteiger partial charge in [0.1, 0.15) is 17.5 Å². The number of aryl methyl sites for hydroxylation is 1. The Bertz CT molecular complexity index is 1040. The monoisotopic (exact) mass is 377 g/mol. The Labute approximate surface area is 159 Å². The van der Waals surface area contributed by atoms with Crippen molar-refractivity contribution >= 4 is 10.0 Å². The van der Waals surface area contributed by atoms with Crippen LogP contribution in [0.15, 0.2) is 83.8 Å². The van der Waals surface area contributed by atoms with Crippen molar-refractivity contribution in [3.05, 3.63) is 90.0 Å². The molecule has 0 bridgehead atoms. The summed E-state index contributed by atoms with van der Waals surface area (Å²) in [5.41, 5.74) is 1.64. The fourth-order valence-electron chi connectivity index (χ4n) is 2.49. The van der Waals surface area contributed by atoms with Crippen molar-refractivity contribution in [2.24, 2.45) is 0 Å². The predicted molar refractivity (Wildman–Crippen MR) is 106 cm³/mol. The molecular weight excluding hydrogens is 358 g/mol. The van der Waals surface area contributed by atoms with Gasteiger partial charge in [0.2, 0.25) is 10.0 Å². The highest BCUT2D eigenvalue weighted by molar-refractivity contribution is 7.89. The van der Waals surface area contributed by atoms with Crippen LogP contribution in [0.4, 0.5) is 0 Å². The molecule has 0 saturated heterocycles. The molecule has 0 spiro atoms. The molecule has 0 saturated carbocycles. The average Bonchev–Trinajstić information content (AvgIpc) is 2.68. The van der Waals surface area contributed by atoms with E-state index in [1.165, 1.54) is 0 Å². The standard InChI is InChI=1S/C22H19NO3S/c1-3-22(23-27(24,25)21-15-9-17(2)10-16-21)18-11-13-20(14-12-18)26-19-7-5-4-6-8-19/h1,4-16,22-23H,2H3. The van der Waals surface area contributed by atoms with E-state index in [0.29, 0.717) is 11.3 Å². The molecule has 27 heavy (non-hydrogen) atoms. The second-order valence-electron chi connectivity index (χ2n) is 6.02. The minimum absolute atomic E-state index is 0.178. The van der Waals surface area contributed by atoms with Gasteiger partial charge in [-0.2, -0.15) is 4.72 Å². The third-order valence-corrected chi connectivity index (χ3v) is 5.40. The first-order valence-electron chi connectivity index (χ1n) is 8.36. The Morgan fingerprint density at radius 3 is 2.07 bits per heavy atom. The molecule has 0 aliphatic carbocycles. The molecule has 0 amide bonds. The Morgan fingerprint density at radius 2 is 1.48 bits per heavy atom. The molecule has 0 aromatic heterocycles. The first kappa shape index (κ1) is 18.7. The topological polar surface area (TPSA) is 55.4 Å². The van der Waals surface area contributed by atoms with Crippen molar-refractivity contribution < 1.29 is 13.2 Å². The van der Waals surface area contributed by atoms with E-state index in [-0.39, 0.29) is 4.90 Å². The minimum Gasteiger partial charge on any atom is -0.457 e. The van der Waals surface area contributed by atoms with Crippen LogP contribution in [0, 0.1) is 19.3 Å². The van der Waals surface area contributed by atoms with E-state index in [9.17, 15) is 8.42 Å². The Balaban J connectivity index is 1.75. The van der Waals surface area contributed by atoms with E-state index in [4.69, 9.17) is 11.2 Å². The molecule has 0 heterocycles.